The summed E-state index contributed by atoms with van der Waals surface area (Å²) in [6.07, 6.45) is -1.12. The first kappa shape index (κ1) is 22.0. The Morgan fingerprint density at radius 1 is 1.20 bits per heavy atom. The van der Waals surface area contributed by atoms with Crippen LogP contribution < -0.4 is 10.6 Å². The first-order valence-corrected chi connectivity index (χ1v) is 10.7. The Hall–Kier alpha value is -2.66. The molecule has 0 unspecified atom stereocenters. The summed E-state index contributed by atoms with van der Waals surface area (Å²) >= 11 is 0. The number of anilines is 1. The maximum absolute atomic E-state index is 13.0. The number of pyridine rings is 1. The van der Waals surface area contributed by atoms with Gasteiger partial charge in [0.1, 0.15) is 0 Å². The smallest absolute Gasteiger partial charge is 0.334 e. The zero-order valence-corrected chi connectivity index (χ0v) is 16.7. The first-order valence-electron chi connectivity index (χ1n) is 9.27. The second-order valence-corrected chi connectivity index (χ2v) is 8.88. The maximum Gasteiger partial charge on any atom is 0.393 e. The number of sulfonamides is 1. The van der Waals surface area contributed by atoms with Gasteiger partial charge in [-0.3, -0.25) is 4.98 Å². The number of piperidine rings is 1. The summed E-state index contributed by atoms with van der Waals surface area (Å²) in [4.78, 5) is 15.8. The number of hydrogen-bond donors (Lipinski definition) is 2. The van der Waals surface area contributed by atoms with Crippen molar-refractivity contribution < 1.29 is 26.4 Å². The number of nitrogens with one attached hydrogen (secondary N) is 2. The molecule has 0 spiro atoms. The molecule has 1 aromatic carbocycles. The van der Waals surface area contributed by atoms with E-state index in [2.05, 4.69) is 15.6 Å². The van der Waals surface area contributed by atoms with E-state index in [0.29, 0.717) is 5.69 Å². The maximum atomic E-state index is 13.0. The molecule has 30 heavy (non-hydrogen) atoms. The Balaban J connectivity index is 1.61. The fraction of sp³-hybridized carbons (Fsp3) is 0.368. The normalized spacial score (nSPS) is 18.0. The Bertz CT molecular complexity index is 967. The molecule has 0 saturated carbocycles. The third kappa shape index (κ3) is 5.48. The van der Waals surface area contributed by atoms with Crippen LogP contribution in [0.4, 0.5) is 23.7 Å². The van der Waals surface area contributed by atoms with Gasteiger partial charge in [-0.05, 0) is 48.7 Å². The summed E-state index contributed by atoms with van der Waals surface area (Å²) < 4.78 is 65.2. The van der Waals surface area contributed by atoms with Crippen molar-refractivity contribution in [2.75, 3.05) is 18.4 Å². The number of hydrogen-bond acceptors (Lipinski definition) is 4. The van der Waals surface area contributed by atoms with Crippen LogP contribution in [-0.2, 0) is 16.6 Å². The topological polar surface area (TPSA) is 91.4 Å². The standard InChI is InChI=1S/C19H21F3N4O3S/c20-19(21,22)15-4-2-10-26(13-15)30(28,29)17-7-5-16(6-8-17)25-18(27)24-12-14-3-1-9-23-11-14/h1,3,5-9,11,15H,2,4,10,12-13H2,(H2,24,25,27)/t15-/m0/s1. The summed E-state index contributed by atoms with van der Waals surface area (Å²) in [5.41, 5.74) is 1.16. The van der Waals surface area contributed by atoms with Crippen LogP contribution >= 0.6 is 0 Å². The van der Waals surface area contributed by atoms with Gasteiger partial charge in [-0.2, -0.15) is 17.5 Å². The van der Waals surface area contributed by atoms with Crippen molar-refractivity contribution in [3.8, 4) is 0 Å². The van der Waals surface area contributed by atoms with Gasteiger partial charge in [-0.15, -0.1) is 0 Å². The van der Waals surface area contributed by atoms with Crippen LogP contribution in [0.15, 0.2) is 53.7 Å². The number of carbonyl (C=O) groups excluding carboxylic acids is 1. The van der Waals surface area contributed by atoms with E-state index in [4.69, 9.17) is 0 Å². The largest absolute Gasteiger partial charge is 0.393 e. The molecule has 2 heterocycles. The first-order chi connectivity index (χ1) is 14.2. The summed E-state index contributed by atoms with van der Waals surface area (Å²) in [6.45, 7) is -0.268. The molecule has 3 rings (SSSR count). The zero-order chi connectivity index (χ0) is 21.8. The summed E-state index contributed by atoms with van der Waals surface area (Å²) in [5.74, 6) is -1.66. The lowest BCUT2D eigenvalue weighted by molar-refractivity contribution is -0.182. The third-order valence-electron chi connectivity index (χ3n) is 4.77. The van der Waals surface area contributed by atoms with Gasteiger partial charge >= 0.3 is 12.2 Å². The van der Waals surface area contributed by atoms with Crippen molar-refractivity contribution in [3.05, 3.63) is 54.4 Å². The predicted octanol–water partition coefficient (Wildman–Crippen LogP) is 3.37. The number of carbonyl (C=O) groups is 1. The lowest BCUT2D eigenvalue weighted by Gasteiger charge is -2.32. The minimum Gasteiger partial charge on any atom is -0.334 e. The Kier molecular flexibility index (Phi) is 6.61. The third-order valence-corrected chi connectivity index (χ3v) is 6.65. The predicted molar refractivity (Wildman–Crippen MR) is 104 cm³/mol. The summed E-state index contributed by atoms with van der Waals surface area (Å²) in [6, 6.07) is 8.37. The molecule has 2 amide bonds. The van der Waals surface area contributed by atoms with Crippen LogP contribution in [0, 0.1) is 5.92 Å². The fourth-order valence-electron chi connectivity index (χ4n) is 3.15. The van der Waals surface area contributed by atoms with Crippen LogP contribution in [0.1, 0.15) is 18.4 Å². The number of urea groups is 1. The monoisotopic (exact) mass is 442 g/mol. The molecule has 1 fully saturated rings. The zero-order valence-electron chi connectivity index (χ0n) is 15.9. The van der Waals surface area contributed by atoms with Gasteiger partial charge in [0.25, 0.3) is 0 Å². The Morgan fingerprint density at radius 2 is 1.93 bits per heavy atom. The number of rotatable bonds is 5. The second-order valence-electron chi connectivity index (χ2n) is 6.94. The van der Waals surface area contributed by atoms with Gasteiger partial charge in [0.15, 0.2) is 0 Å². The van der Waals surface area contributed by atoms with E-state index >= 15 is 0 Å². The molecule has 7 nitrogen and oxygen atoms in total. The van der Waals surface area contributed by atoms with E-state index in [1.165, 1.54) is 24.3 Å². The molecule has 162 valence electrons. The SMILES string of the molecule is O=C(NCc1cccnc1)Nc1ccc(S(=O)(=O)N2CCC[C@H](C(F)(F)F)C2)cc1. The van der Waals surface area contributed by atoms with Gasteiger partial charge in [-0.1, -0.05) is 6.07 Å². The molecule has 1 aliphatic rings. The fourth-order valence-corrected chi connectivity index (χ4v) is 4.67. The average molecular weight is 442 g/mol. The molecule has 1 atom stereocenters. The molecule has 2 N–H and O–H groups in total. The number of amides is 2. The minimum absolute atomic E-state index is 0.0473. The number of alkyl halides is 3. The Labute approximate surface area is 172 Å². The highest BCUT2D eigenvalue weighted by Crippen LogP contribution is 2.35. The van der Waals surface area contributed by atoms with E-state index in [1.54, 1.807) is 24.5 Å². The van der Waals surface area contributed by atoms with E-state index in [9.17, 15) is 26.4 Å². The number of halogens is 3. The molecule has 1 saturated heterocycles. The molecule has 0 bridgehead atoms. The van der Waals surface area contributed by atoms with Crippen LogP contribution in [0.2, 0.25) is 0 Å². The quantitative estimate of drug-likeness (QED) is 0.743. The lowest BCUT2D eigenvalue weighted by Crippen LogP contribution is -2.44. The summed E-state index contributed by atoms with van der Waals surface area (Å²) in [7, 11) is -4.05. The van der Waals surface area contributed by atoms with Gasteiger partial charge < -0.3 is 10.6 Å². The molecule has 0 radical (unpaired) electrons. The molecular weight excluding hydrogens is 421 g/mol. The lowest BCUT2D eigenvalue weighted by atomic mass is 9.99. The van der Waals surface area contributed by atoms with Crippen molar-refractivity contribution in [2.45, 2.75) is 30.5 Å². The van der Waals surface area contributed by atoms with Crippen molar-refractivity contribution in [2.24, 2.45) is 5.92 Å². The Morgan fingerprint density at radius 3 is 2.57 bits per heavy atom. The van der Waals surface area contributed by atoms with Crippen molar-refractivity contribution in [3.63, 3.8) is 0 Å². The number of benzene rings is 1. The highest BCUT2D eigenvalue weighted by Gasteiger charge is 2.44. The molecular formula is C19H21F3N4O3S. The van der Waals surface area contributed by atoms with Gasteiger partial charge in [0.2, 0.25) is 10.0 Å². The van der Waals surface area contributed by atoms with E-state index in [0.717, 1.165) is 9.87 Å². The van der Waals surface area contributed by atoms with Crippen LogP contribution in [0.25, 0.3) is 0 Å². The highest BCUT2D eigenvalue weighted by atomic mass is 32.2. The highest BCUT2D eigenvalue weighted by molar-refractivity contribution is 7.89. The van der Waals surface area contributed by atoms with E-state index in [-0.39, 0.29) is 30.8 Å². The average Bonchev–Trinajstić information content (AvgIpc) is 2.73. The van der Waals surface area contributed by atoms with Gasteiger partial charge in [0, 0.05) is 37.7 Å². The molecule has 0 aliphatic carbocycles. The van der Waals surface area contributed by atoms with Crippen molar-refractivity contribution in [1.82, 2.24) is 14.6 Å². The molecule has 2 aromatic rings. The van der Waals surface area contributed by atoms with E-state index in [1.807, 2.05) is 0 Å². The van der Waals surface area contributed by atoms with Crippen LogP contribution in [-0.4, -0.2) is 43.0 Å². The molecule has 1 aromatic heterocycles. The number of aromatic nitrogens is 1. The summed E-state index contributed by atoms with van der Waals surface area (Å²) in [5, 5.41) is 5.21. The van der Waals surface area contributed by atoms with Crippen molar-refractivity contribution in [1.29, 1.82) is 0 Å². The molecule has 1 aliphatic heterocycles. The number of nitrogens with zero attached hydrogens (tertiary/aromatic N) is 2. The van der Waals surface area contributed by atoms with Crippen molar-refractivity contribution >= 4 is 21.7 Å². The van der Waals surface area contributed by atoms with Gasteiger partial charge in [-0.25, -0.2) is 13.2 Å². The van der Waals surface area contributed by atoms with Crippen LogP contribution in [0.5, 0.6) is 0 Å². The molecule has 11 heteroatoms. The van der Waals surface area contributed by atoms with E-state index < -0.39 is 34.7 Å². The van der Waals surface area contributed by atoms with Crippen LogP contribution in [0.3, 0.4) is 0 Å². The second kappa shape index (κ2) is 9.00. The van der Waals surface area contributed by atoms with Gasteiger partial charge in [0.05, 0.1) is 10.8 Å². The minimum atomic E-state index is -4.43.